The highest BCUT2D eigenvalue weighted by molar-refractivity contribution is 7.15. The van der Waals surface area contributed by atoms with Crippen LogP contribution in [0.15, 0.2) is 18.2 Å². The fraction of sp³-hybridized carbons (Fsp3) is 0.429. The highest BCUT2D eigenvalue weighted by Gasteiger charge is 2.27. The van der Waals surface area contributed by atoms with Crippen LogP contribution in [0, 0.1) is 11.7 Å². The van der Waals surface area contributed by atoms with Crippen LogP contribution in [0.5, 0.6) is 0 Å². The van der Waals surface area contributed by atoms with Crippen molar-refractivity contribution >= 4 is 33.3 Å². The average Bonchev–Trinajstić information content (AvgIpc) is 3.30. The van der Waals surface area contributed by atoms with Gasteiger partial charge in [0.1, 0.15) is 11.5 Å². The van der Waals surface area contributed by atoms with Gasteiger partial charge in [0.15, 0.2) is 5.13 Å². The quantitative estimate of drug-likeness (QED) is 0.670. The first kappa shape index (κ1) is 18.6. The molecule has 0 saturated carbocycles. The Kier molecular flexibility index (Phi) is 4.75. The lowest BCUT2D eigenvalue weighted by Crippen LogP contribution is -2.35. The van der Waals surface area contributed by atoms with Crippen LogP contribution in [0.4, 0.5) is 9.52 Å². The molecule has 0 aliphatic carbocycles. The molecule has 2 aromatic heterocycles. The van der Waals surface area contributed by atoms with E-state index in [1.807, 2.05) is 11.8 Å². The molecule has 29 heavy (non-hydrogen) atoms. The Morgan fingerprint density at radius 3 is 3.07 bits per heavy atom. The monoisotopic (exact) mass is 414 g/mol. The van der Waals surface area contributed by atoms with Crippen molar-refractivity contribution in [3.8, 4) is 0 Å². The molecular formula is C21H23FN4O2S. The highest BCUT2D eigenvalue weighted by atomic mass is 32.1. The van der Waals surface area contributed by atoms with Crippen LogP contribution < -0.4 is 5.32 Å². The normalized spacial score (nSPS) is 16.7. The molecule has 0 atom stereocenters. The molecule has 0 radical (unpaired) electrons. The Bertz CT molecular complexity index is 1070. The lowest BCUT2D eigenvalue weighted by atomic mass is 10.1. The van der Waals surface area contributed by atoms with E-state index in [2.05, 4.69) is 15.3 Å². The zero-order valence-corrected chi connectivity index (χ0v) is 17.1. The van der Waals surface area contributed by atoms with E-state index in [0.29, 0.717) is 30.2 Å². The van der Waals surface area contributed by atoms with Gasteiger partial charge < -0.3 is 19.9 Å². The molecule has 1 amide bonds. The molecule has 1 aromatic carbocycles. The minimum atomic E-state index is -0.327. The van der Waals surface area contributed by atoms with Crippen molar-refractivity contribution in [2.45, 2.75) is 26.3 Å². The Morgan fingerprint density at radius 1 is 1.45 bits per heavy atom. The summed E-state index contributed by atoms with van der Waals surface area (Å²) < 4.78 is 19.4. The fourth-order valence-electron chi connectivity index (χ4n) is 3.92. The molecule has 3 aromatic rings. The summed E-state index contributed by atoms with van der Waals surface area (Å²) in [6, 6.07) is 5.03. The van der Waals surface area contributed by atoms with E-state index in [0.717, 1.165) is 59.3 Å². The van der Waals surface area contributed by atoms with Crippen LogP contribution in [0.3, 0.4) is 0 Å². The number of nitrogens with one attached hydrogen (secondary N) is 2. The van der Waals surface area contributed by atoms with Gasteiger partial charge in [0.25, 0.3) is 5.91 Å². The number of carbonyl (C=O) groups excluding carboxylic acids is 1. The van der Waals surface area contributed by atoms with Gasteiger partial charge >= 0.3 is 0 Å². The van der Waals surface area contributed by atoms with Gasteiger partial charge in [0.05, 0.1) is 31.0 Å². The number of carbonyl (C=O) groups is 1. The predicted octanol–water partition coefficient (Wildman–Crippen LogP) is 3.58. The number of thiazole rings is 1. The third kappa shape index (κ3) is 3.40. The maximum Gasteiger partial charge on any atom is 0.270 e. The van der Waals surface area contributed by atoms with Crippen LogP contribution in [-0.4, -0.2) is 47.1 Å². The molecule has 0 bridgehead atoms. The SMILES string of the molecule is CCc1ccc(F)c2[nH]c(C(=O)N3CCc4nc(NCC5COC5)sc4C3)cc12. The van der Waals surface area contributed by atoms with Gasteiger partial charge in [-0.05, 0) is 24.1 Å². The van der Waals surface area contributed by atoms with Crippen molar-refractivity contribution < 1.29 is 13.9 Å². The van der Waals surface area contributed by atoms with Crippen LogP contribution in [-0.2, 0) is 24.1 Å². The zero-order chi connectivity index (χ0) is 20.0. The maximum absolute atomic E-state index is 14.2. The summed E-state index contributed by atoms with van der Waals surface area (Å²) in [6.07, 6.45) is 1.53. The van der Waals surface area contributed by atoms with Crippen molar-refractivity contribution in [3.63, 3.8) is 0 Å². The maximum atomic E-state index is 14.2. The summed E-state index contributed by atoms with van der Waals surface area (Å²) in [5.74, 6) is 0.138. The van der Waals surface area contributed by atoms with E-state index in [1.165, 1.54) is 6.07 Å². The number of amides is 1. The van der Waals surface area contributed by atoms with Crippen molar-refractivity contribution in [2.24, 2.45) is 5.92 Å². The molecule has 152 valence electrons. The van der Waals surface area contributed by atoms with Gasteiger partial charge in [-0.1, -0.05) is 24.3 Å². The molecule has 1 fully saturated rings. The molecule has 6 nitrogen and oxygen atoms in total. The van der Waals surface area contributed by atoms with Gasteiger partial charge in [0, 0.05) is 35.7 Å². The predicted molar refractivity (Wildman–Crippen MR) is 111 cm³/mol. The summed E-state index contributed by atoms with van der Waals surface area (Å²) in [5, 5.41) is 5.10. The van der Waals surface area contributed by atoms with Crippen molar-refractivity contribution in [3.05, 3.63) is 45.8 Å². The second-order valence-corrected chi connectivity index (χ2v) is 8.77. The van der Waals surface area contributed by atoms with Crippen LogP contribution in [0.2, 0.25) is 0 Å². The number of hydrogen-bond acceptors (Lipinski definition) is 5. The number of nitrogens with zero attached hydrogens (tertiary/aromatic N) is 2. The van der Waals surface area contributed by atoms with Gasteiger partial charge in [-0.25, -0.2) is 9.37 Å². The minimum absolute atomic E-state index is 0.0946. The third-order valence-corrected chi connectivity index (χ3v) is 6.75. The van der Waals surface area contributed by atoms with Crippen LogP contribution >= 0.6 is 11.3 Å². The Hall–Kier alpha value is -2.45. The third-order valence-electron chi connectivity index (χ3n) is 5.71. The summed E-state index contributed by atoms with van der Waals surface area (Å²) in [4.78, 5) is 23.7. The molecular weight excluding hydrogens is 391 g/mol. The lowest BCUT2D eigenvalue weighted by molar-refractivity contribution is -0.0248. The largest absolute Gasteiger partial charge is 0.381 e. The van der Waals surface area contributed by atoms with Gasteiger partial charge in [-0.3, -0.25) is 4.79 Å². The lowest BCUT2D eigenvalue weighted by Gasteiger charge is -2.25. The molecule has 0 unspecified atom stereocenters. The van der Waals surface area contributed by atoms with Gasteiger partial charge in [-0.2, -0.15) is 0 Å². The Balaban J connectivity index is 1.33. The number of rotatable bonds is 5. The average molecular weight is 415 g/mol. The molecule has 5 rings (SSSR count). The van der Waals surface area contributed by atoms with Crippen LogP contribution in [0.1, 0.15) is 33.5 Å². The smallest absolute Gasteiger partial charge is 0.270 e. The van der Waals surface area contributed by atoms with E-state index in [9.17, 15) is 9.18 Å². The first-order valence-corrected chi connectivity index (χ1v) is 10.8. The Labute approximate surface area is 172 Å². The number of anilines is 1. The molecule has 2 aliphatic heterocycles. The highest BCUT2D eigenvalue weighted by Crippen LogP contribution is 2.30. The Morgan fingerprint density at radius 2 is 2.31 bits per heavy atom. The first-order chi connectivity index (χ1) is 14.1. The number of benzene rings is 1. The topological polar surface area (TPSA) is 70.2 Å². The number of aromatic nitrogens is 2. The van der Waals surface area contributed by atoms with Crippen LogP contribution in [0.25, 0.3) is 10.9 Å². The number of halogens is 1. The van der Waals surface area contributed by atoms with E-state index < -0.39 is 0 Å². The second-order valence-electron chi connectivity index (χ2n) is 7.68. The standard InChI is InChI=1S/C21H23FN4O2S/c1-2-13-3-4-15(22)19-14(13)7-17(24-19)20(27)26-6-5-16-18(9-26)29-21(25-16)23-8-12-10-28-11-12/h3-4,7,12,24H,2,5-6,8-11H2,1H3,(H,23,25). The fourth-order valence-corrected chi connectivity index (χ4v) is 4.95. The van der Waals surface area contributed by atoms with E-state index in [4.69, 9.17) is 4.74 Å². The van der Waals surface area contributed by atoms with Crippen molar-refractivity contribution in [1.82, 2.24) is 14.9 Å². The second kappa shape index (κ2) is 7.42. The van der Waals surface area contributed by atoms with E-state index >= 15 is 0 Å². The number of ether oxygens (including phenoxy) is 1. The van der Waals surface area contributed by atoms with E-state index in [-0.39, 0.29) is 11.7 Å². The number of hydrogen-bond donors (Lipinski definition) is 2. The van der Waals surface area contributed by atoms with E-state index in [1.54, 1.807) is 23.5 Å². The molecule has 0 spiro atoms. The summed E-state index contributed by atoms with van der Waals surface area (Å²) in [7, 11) is 0. The van der Waals surface area contributed by atoms with Crippen molar-refractivity contribution in [2.75, 3.05) is 31.6 Å². The molecule has 2 N–H and O–H groups in total. The number of aryl methyl sites for hydroxylation is 1. The van der Waals surface area contributed by atoms with Crippen molar-refractivity contribution in [1.29, 1.82) is 0 Å². The summed E-state index contributed by atoms with van der Waals surface area (Å²) >= 11 is 1.61. The molecule has 8 heteroatoms. The summed E-state index contributed by atoms with van der Waals surface area (Å²) in [6.45, 7) is 5.68. The molecule has 4 heterocycles. The number of H-pyrrole nitrogens is 1. The van der Waals surface area contributed by atoms with Gasteiger partial charge in [-0.15, -0.1) is 0 Å². The number of aromatic amines is 1. The minimum Gasteiger partial charge on any atom is -0.381 e. The van der Waals surface area contributed by atoms with Gasteiger partial charge in [0.2, 0.25) is 0 Å². The molecule has 1 saturated heterocycles. The zero-order valence-electron chi connectivity index (χ0n) is 16.3. The first-order valence-electron chi connectivity index (χ1n) is 10.0. The summed E-state index contributed by atoms with van der Waals surface area (Å²) in [5.41, 5.74) is 2.96. The number of fused-ring (bicyclic) bond motifs is 2. The molecule has 2 aliphatic rings.